The van der Waals surface area contributed by atoms with Crippen molar-refractivity contribution in [2.75, 3.05) is 51.0 Å². The fourth-order valence-corrected chi connectivity index (χ4v) is 3.10. The average Bonchev–Trinajstić information content (AvgIpc) is 2.48. The number of likely N-dealkylation sites (N-methyl/N-ethyl adjacent to an activating group) is 1. The SMILES string of the molecule is C=C(CCSc1ccc(N2CCN(C)CC2)cc1)OC. The Labute approximate surface area is 126 Å². The van der Waals surface area contributed by atoms with E-state index in [1.807, 2.05) is 11.8 Å². The summed E-state index contributed by atoms with van der Waals surface area (Å²) in [6.45, 7) is 8.38. The highest BCUT2D eigenvalue weighted by molar-refractivity contribution is 7.99. The third-order valence-corrected chi connectivity index (χ3v) is 4.66. The van der Waals surface area contributed by atoms with Crippen molar-refractivity contribution in [1.29, 1.82) is 0 Å². The van der Waals surface area contributed by atoms with Crippen LogP contribution in [0.1, 0.15) is 6.42 Å². The van der Waals surface area contributed by atoms with Gasteiger partial charge in [0.05, 0.1) is 12.9 Å². The van der Waals surface area contributed by atoms with Gasteiger partial charge in [0.25, 0.3) is 0 Å². The van der Waals surface area contributed by atoms with Crippen LogP contribution in [0.15, 0.2) is 41.5 Å². The molecule has 3 nitrogen and oxygen atoms in total. The lowest BCUT2D eigenvalue weighted by atomic mass is 10.2. The zero-order valence-electron chi connectivity index (χ0n) is 12.5. The van der Waals surface area contributed by atoms with E-state index in [-0.39, 0.29) is 0 Å². The van der Waals surface area contributed by atoms with E-state index in [0.717, 1.165) is 44.1 Å². The lowest BCUT2D eigenvalue weighted by molar-refractivity contribution is 0.283. The van der Waals surface area contributed by atoms with Gasteiger partial charge in [-0.05, 0) is 31.3 Å². The third kappa shape index (κ3) is 4.46. The van der Waals surface area contributed by atoms with Crippen molar-refractivity contribution >= 4 is 17.4 Å². The lowest BCUT2D eigenvalue weighted by Crippen LogP contribution is -2.44. The highest BCUT2D eigenvalue weighted by Gasteiger charge is 2.13. The summed E-state index contributed by atoms with van der Waals surface area (Å²) >= 11 is 1.85. The molecule has 20 heavy (non-hydrogen) atoms. The summed E-state index contributed by atoms with van der Waals surface area (Å²) in [5.41, 5.74) is 1.34. The van der Waals surface area contributed by atoms with E-state index in [0.29, 0.717) is 0 Å². The molecule has 2 rings (SSSR count). The molecule has 4 heteroatoms. The summed E-state index contributed by atoms with van der Waals surface area (Å²) < 4.78 is 5.08. The van der Waals surface area contributed by atoms with Crippen molar-refractivity contribution in [2.24, 2.45) is 0 Å². The maximum Gasteiger partial charge on any atom is 0.0892 e. The Morgan fingerprint density at radius 2 is 1.85 bits per heavy atom. The minimum atomic E-state index is 0.853. The van der Waals surface area contributed by atoms with Crippen LogP contribution in [0, 0.1) is 0 Å². The normalized spacial score (nSPS) is 16.2. The van der Waals surface area contributed by atoms with Crippen LogP contribution in [0.25, 0.3) is 0 Å². The van der Waals surface area contributed by atoms with Gasteiger partial charge in [0.15, 0.2) is 0 Å². The number of piperazine rings is 1. The van der Waals surface area contributed by atoms with E-state index in [1.54, 1.807) is 7.11 Å². The zero-order chi connectivity index (χ0) is 14.4. The first-order chi connectivity index (χ1) is 9.69. The van der Waals surface area contributed by atoms with Gasteiger partial charge in [-0.1, -0.05) is 6.58 Å². The van der Waals surface area contributed by atoms with Gasteiger partial charge < -0.3 is 14.5 Å². The van der Waals surface area contributed by atoms with Crippen LogP contribution in [0.5, 0.6) is 0 Å². The highest BCUT2D eigenvalue weighted by atomic mass is 32.2. The predicted octanol–water partition coefficient (Wildman–Crippen LogP) is 3.08. The Morgan fingerprint density at radius 1 is 1.20 bits per heavy atom. The molecule has 1 aromatic carbocycles. The maximum atomic E-state index is 5.08. The van der Waals surface area contributed by atoms with Gasteiger partial charge in [0.1, 0.15) is 0 Å². The number of hydrogen-bond donors (Lipinski definition) is 0. The predicted molar refractivity (Wildman–Crippen MR) is 87.6 cm³/mol. The summed E-state index contributed by atoms with van der Waals surface area (Å²) in [4.78, 5) is 6.15. The molecule has 1 aromatic rings. The third-order valence-electron chi connectivity index (χ3n) is 3.64. The number of thioether (sulfide) groups is 1. The molecule has 0 spiro atoms. The molecular weight excluding hydrogens is 268 g/mol. The van der Waals surface area contributed by atoms with Gasteiger partial charge in [0, 0.05) is 48.9 Å². The van der Waals surface area contributed by atoms with Gasteiger partial charge in [0.2, 0.25) is 0 Å². The first-order valence-corrected chi connectivity index (χ1v) is 8.05. The Balaban J connectivity index is 1.82. The topological polar surface area (TPSA) is 15.7 Å². The Morgan fingerprint density at radius 3 is 2.45 bits per heavy atom. The summed E-state index contributed by atoms with van der Waals surface area (Å²) in [5, 5.41) is 0. The van der Waals surface area contributed by atoms with Gasteiger partial charge in [-0.3, -0.25) is 0 Å². The Hall–Kier alpha value is -1.13. The largest absolute Gasteiger partial charge is 0.502 e. The quantitative estimate of drug-likeness (QED) is 0.591. The first-order valence-electron chi connectivity index (χ1n) is 7.07. The minimum absolute atomic E-state index is 0.853. The number of allylic oxidation sites excluding steroid dienone is 1. The minimum Gasteiger partial charge on any atom is -0.502 e. The Kier molecular flexibility index (Phi) is 5.80. The van der Waals surface area contributed by atoms with Crippen molar-refractivity contribution in [2.45, 2.75) is 11.3 Å². The van der Waals surface area contributed by atoms with Crippen molar-refractivity contribution in [3.05, 3.63) is 36.6 Å². The maximum absolute atomic E-state index is 5.08. The van der Waals surface area contributed by atoms with Gasteiger partial charge in [-0.25, -0.2) is 0 Å². The van der Waals surface area contributed by atoms with Crippen LogP contribution >= 0.6 is 11.8 Å². The van der Waals surface area contributed by atoms with Crippen LogP contribution in [0.2, 0.25) is 0 Å². The molecule has 0 amide bonds. The summed E-state index contributed by atoms with van der Waals surface area (Å²) in [7, 11) is 3.86. The summed E-state index contributed by atoms with van der Waals surface area (Å²) in [6, 6.07) is 8.90. The molecule has 0 aromatic heterocycles. The monoisotopic (exact) mass is 292 g/mol. The zero-order valence-corrected chi connectivity index (χ0v) is 13.3. The van der Waals surface area contributed by atoms with Crippen LogP contribution in [-0.4, -0.2) is 51.0 Å². The smallest absolute Gasteiger partial charge is 0.0892 e. The molecule has 0 saturated carbocycles. The van der Waals surface area contributed by atoms with Crippen LogP contribution in [0.4, 0.5) is 5.69 Å². The lowest BCUT2D eigenvalue weighted by Gasteiger charge is -2.34. The second-order valence-corrected chi connectivity index (χ2v) is 6.29. The van der Waals surface area contributed by atoms with E-state index < -0.39 is 0 Å². The second kappa shape index (κ2) is 7.60. The number of benzene rings is 1. The van der Waals surface area contributed by atoms with Gasteiger partial charge in [-0.2, -0.15) is 0 Å². The molecule has 0 radical (unpaired) electrons. The molecular formula is C16H24N2OS. The van der Waals surface area contributed by atoms with Crippen molar-refractivity contribution in [1.82, 2.24) is 4.90 Å². The van der Waals surface area contributed by atoms with Crippen molar-refractivity contribution in [3.63, 3.8) is 0 Å². The van der Waals surface area contributed by atoms with E-state index in [4.69, 9.17) is 4.74 Å². The number of nitrogens with zero attached hydrogens (tertiary/aromatic N) is 2. The number of ether oxygens (including phenoxy) is 1. The molecule has 110 valence electrons. The fraction of sp³-hybridized carbons (Fsp3) is 0.500. The number of rotatable bonds is 6. The molecule has 0 aliphatic carbocycles. The van der Waals surface area contributed by atoms with E-state index >= 15 is 0 Å². The van der Waals surface area contributed by atoms with Crippen LogP contribution in [0.3, 0.4) is 0 Å². The molecule has 1 aliphatic heterocycles. The standard InChI is InChI=1S/C16H24N2OS/c1-14(19-3)8-13-20-16-6-4-15(5-7-16)18-11-9-17(2)10-12-18/h4-7H,1,8-13H2,2-3H3. The van der Waals surface area contributed by atoms with Crippen LogP contribution in [-0.2, 0) is 4.74 Å². The summed E-state index contributed by atoms with van der Waals surface area (Å²) in [6.07, 6.45) is 0.904. The van der Waals surface area contributed by atoms with E-state index in [9.17, 15) is 0 Å². The van der Waals surface area contributed by atoms with E-state index in [2.05, 4.69) is 47.7 Å². The molecule has 0 N–H and O–H groups in total. The Bertz CT molecular complexity index is 425. The summed E-state index contributed by atoms with van der Waals surface area (Å²) in [5.74, 6) is 1.87. The molecule has 0 atom stereocenters. The van der Waals surface area contributed by atoms with Crippen LogP contribution < -0.4 is 4.90 Å². The average molecular weight is 292 g/mol. The molecule has 0 unspecified atom stereocenters. The molecule has 1 heterocycles. The first kappa shape index (κ1) is 15.3. The second-order valence-electron chi connectivity index (χ2n) is 5.13. The van der Waals surface area contributed by atoms with Crippen molar-refractivity contribution < 1.29 is 4.74 Å². The van der Waals surface area contributed by atoms with E-state index in [1.165, 1.54) is 10.6 Å². The fourth-order valence-electron chi connectivity index (χ4n) is 2.20. The van der Waals surface area contributed by atoms with Gasteiger partial charge >= 0.3 is 0 Å². The number of methoxy groups -OCH3 is 1. The van der Waals surface area contributed by atoms with Gasteiger partial charge in [-0.15, -0.1) is 11.8 Å². The molecule has 1 fully saturated rings. The molecule has 1 aliphatic rings. The highest BCUT2D eigenvalue weighted by Crippen LogP contribution is 2.24. The molecule has 1 saturated heterocycles. The number of hydrogen-bond acceptors (Lipinski definition) is 4. The molecule has 0 bridgehead atoms. The van der Waals surface area contributed by atoms with Crippen molar-refractivity contribution in [3.8, 4) is 0 Å². The number of anilines is 1.